The van der Waals surface area contributed by atoms with Gasteiger partial charge in [0, 0.05) is 30.1 Å². The second-order valence-corrected chi connectivity index (χ2v) is 7.57. The number of aldehydes is 1. The monoisotopic (exact) mass is 429 g/mol. The fraction of sp³-hybridized carbons (Fsp3) is 0.318. The van der Waals surface area contributed by atoms with Gasteiger partial charge in [-0.2, -0.15) is 5.48 Å². The number of nitrogens with zero attached hydrogens (tertiary/aromatic N) is 1. The van der Waals surface area contributed by atoms with E-state index in [0.717, 1.165) is 29.4 Å². The van der Waals surface area contributed by atoms with Crippen LogP contribution >= 0.6 is 11.6 Å². The van der Waals surface area contributed by atoms with Gasteiger partial charge in [-0.15, -0.1) is 0 Å². The van der Waals surface area contributed by atoms with Crippen molar-refractivity contribution in [3.05, 3.63) is 69.7 Å². The highest BCUT2D eigenvalue weighted by atomic mass is 35.5. The molecule has 1 atom stereocenters. The zero-order chi connectivity index (χ0) is 21.5. The number of benzene rings is 2. The summed E-state index contributed by atoms with van der Waals surface area (Å²) in [5.41, 5.74) is 11.9. The number of primary amides is 1. The maximum Gasteiger partial charge on any atom is 0.255 e. The first-order valence-corrected chi connectivity index (χ1v) is 10.1. The lowest BCUT2D eigenvalue weighted by Crippen LogP contribution is -2.44. The van der Waals surface area contributed by atoms with Crippen molar-refractivity contribution in [1.29, 1.82) is 0 Å². The Kier molecular flexibility index (Phi) is 7.57. The molecule has 0 radical (unpaired) electrons. The van der Waals surface area contributed by atoms with E-state index in [1.54, 1.807) is 6.07 Å². The lowest BCUT2D eigenvalue weighted by atomic mass is 10.1. The van der Waals surface area contributed by atoms with E-state index >= 15 is 0 Å². The summed E-state index contributed by atoms with van der Waals surface area (Å²) in [6.45, 7) is 1.29. The number of hydrogen-bond donors (Lipinski definition) is 2. The number of nitrogens with two attached hydrogens (primary N) is 1. The summed E-state index contributed by atoms with van der Waals surface area (Å²) in [5.74, 6) is -0.840. The van der Waals surface area contributed by atoms with E-state index in [9.17, 15) is 14.4 Å². The van der Waals surface area contributed by atoms with Crippen LogP contribution < -0.4 is 11.2 Å². The lowest BCUT2D eigenvalue weighted by Gasteiger charge is -2.24. The molecule has 1 aliphatic rings. The molecule has 2 amide bonds. The second-order valence-electron chi connectivity index (χ2n) is 7.13. The molecule has 1 aliphatic heterocycles. The molecule has 30 heavy (non-hydrogen) atoms. The number of hydrogen-bond acceptors (Lipinski definition) is 5. The van der Waals surface area contributed by atoms with Gasteiger partial charge in [0.05, 0.1) is 6.61 Å². The van der Waals surface area contributed by atoms with E-state index in [2.05, 4.69) is 5.48 Å². The molecule has 0 spiro atoms. The third-order valence-corrected chi connectivity index (χ3v) is 5.30. The van der Waals surface area contributed by atoms with Crippen molar-refractivity contribution in [1.82, 2.24) is 10.4 Å². The molecule has 2 aromatic rings. The number of halogens is 1. The second kappa shape index (κ2) is 10.3. The molecule has 1 unspecified atom stereocenters. The number of rotatable bonds is 11. The average molecular weight is 430 g/mol. The van der Waals surface area contributed by atoms with Gasteiger partial charge in [0.25, 0.3) is 5.91 Å². The number of carbonyl (C=O) groups excluding carboxylic acids is 3. The van der Waals surface area contributed by atoms with Crippen LogP contribution in [0.3, 0.4) is 0 Å². The fourth-order valence-corrected chi connectivity index (χ4v) is 3.59. The van der Waals surface area contributed by atoms with Crippen molar-refractivity contribution in [3.63, 3.8) is 0 Å². The van der Waals surface area contributed by atoms with E-state index in [4.69, 9.17) is 22.2 Å². The maximum atomic E-state index is 12.7. The van der Waals surface area contributed by atoms with Crippen molar-refractivity contribution >= 4 is 29.7 Å². The number of hydroxylamine groups is 1. The molecule has 0 aromatic heterocycles. The highest BCUT2D eigenvalue weighted by Crippen LogP contribution is 2.27. The Morgan fingerprint density at radius 1 is 1.23 bits per heavy atom. The standard InChI is InChI=1S/C22H24ClN3O4/c23-18-6-3-15(4-7-18)9-11-30-25-13-16-5-8-19-17(12-16)14-26(22(19)29)20(21(24)28)2-1-10-27/h3-8,10,12,20,25H,1-2,9,11,13-14H2,(H2,24,28). The third-order valence-electron chi connectivity index (χ3n) is 5.05. The fourth-order valence-electron chi connectivity index (χ4n) is 3.46. The first-order valence-electron chi connectivity index (χ1n) is 9.74. The Labute approximate surface area is 180 Å². The van der Waals surface area contributed by atoms with Crippen LogP contribution in [0.15, 0.2) is 42.5 Å². The van der Waals surface area contributed by atoms with E-state index in [1.165, 1.54) is 4.90 Å². The summed E-state index contributed by atoms with van der Waals surface area (Å²) in [4.78, 5) is 42.0. The molecule has 0 saturated heterocycles. The van der Waals surface area contributed by atoms with Gasteiger partial charge in [-0.25, -0.2) is 0 Å². The number of carbonyl (C=O) groups is 3. The minimum absolute atomic E-state index is 0.177. The van der Waals surface area contributed by atoms with Crippen LogP contribution in [0, 0.1) is 0 Å². The normalized spacial score (nSPS) is 13.9. The zero-order valence-corrected chi connectivity index (χ0v) is 17.2. The minimum atomic E-state index is -0.784. The first kappa shape index (κ1) is 22.0. The molecule has 8 heteroatoms. The van der Waals surface area contributed by atoms with Crippen molar-refractivity contribution in [2.75, 3.05) is 6.61 Å². The number of amides is 2. The Bertz CT molecular complexity index is 917. The van der Waals surface area contributed by atoms with Crippen LogP contribution in [0.4, 0.5) is 0 Å². The first-order chi connectivity index (χ1) is 14.5. The Balaban J connectivity index is 1.52. The van der Waals surface area contributed by atoms with Crippen LogP contribution in [-0.4, -0.2) is 35.6 Å². The largest absolute Gasteiger partial charge is 0.368 e. The van der Waals surface area contributed by atoms with E-state index < -0.39 is 11.9 Å². The maximum absolute atomic E-state index is 12.7. The molecule has 1 heterocycles. The molecule has 3 rings (SSSR count). The van der Waals surface area contributed by atoms with Crippen LogP contribution in [0.5, 0.6) is 0 Å². The van der Waals surface area contributed by atoms with Gasteiger partial charge in [-0.1, -0.05) is 35.9 Å². The molecule has 0 fully saturated rings. The summed E-state index contributed by atoms with van der Waals surface area (Å²) in [6, 6.07) is 12.4. The van der Waals surface area contributed by atoms with Gasteiger partial charge in [0.1, 0.15) is 12.3 Å². The van der Waals surface area contributed by atoms with Gasteiger partial charge in [-0.05, 0) is 47.7 Å². The van der Waals surface area contributed by atoms with Crippen LogP contribution in [0.25, 0.3) is 0 Å². The van der Waals surface area contributed by atoms with Gasteiger partial charge in [0.2, 0.25) is 5.91 Å². The SMILES string of the molecule is NC(=O)C(CCC=O)N1Cc2cc(CNOCCc3ccc(Cl)cc3)ccc2C1=O. The van der Waals surface area contributed by atoms with E-state index in [-0.39, 0.29) is 18.7 Å². The van der Waals surface area contributed by atoms with E-state index in [0.29, 0.717) is 30.3 Å². The molecule has 7 nitrogen and oxygen atoms in total. The van der Waals surface area contributed by atoms with Crippen molar-refractivity contribution in [2.45, 2.75) is 38.4 Å². The lowest BCUT2D eigenvalue weighted by molar-refractivity contribution is -0.122. The molecule has 0 saturated carbocycles. The Morgan fingerprint density at radius 2 is 1.97 bits per heavy atom. The highest BCUT2D eigenvalue weighted by Gasteiger charge is 2.35. The van der Waals surface area contributed by atoms with Gasteiger partial charge >= 0.3 is 0 Å². The highest BCUT2D eigenvalue weighted by molar-refractivity contribution is 6.30. The molecular weight excluding hydrogens is 406 g/mol. The summed E-state index contributed by atoms with van der Waals surface area (Å²) in [5, 5.41) is 0.706. The smallest absolute Gasteiger partial charge is 0.255 e. The van der Waals surface area contributed by atoms with E-state index in [1.807, 2.05) is 36.4 Å². The van der Waals surface area contributed by atoms with Crippen LogP contribution in [0.1, 0.15) is 39.9 Å². The molecule has 0 bridgehead atoms. The third kappa shape index (κ3) is 5.44. The van der Waals surface area contributed by atoms with Crippen molar-refractivity contribution < 1.29 is 19.2 Å². The topological polar surface area (TPSA) is 102 Å². The molecule has 2 aromatic carbocycles. The molecule has 0 aliphatic carbocycles. The zero-order valence-electron chi connectivity index (χ0n) is 16.5. The summed E-state index contributed by atoms with van der Waals surface area (Å²) >= 11 is 5.87. The Morgan fingerprint density at radius 3 is 2.67 bits per heavy atom. The van der Waals surface area contributed by atoms with Gasteiger partial charge in [0.15, 0.2) is 0 Å². The molecular formula is C22H24ClN3O4. The average Bonchev–Trinajstić information content (AvgIpc) is 3.05. The van der Waals surface area contributed by atoms with Gasteiger partial charge < -0.3 is 20.3 Å². The number of fused-ring (bicyclic) bond motifs is 1. The summed E-state index contributed by atoms with van der Waals surface area (Å²) in [7, 11) is 0. The quantitative estimate of drug-likeness (QED) is 0.324. The summed E-state index contributed by atoms with van der Waals surface area (Å²) in [6.07, 6.45) is 1.89. The predicted octanol–water partition coefficient (Wildman–Crippen LogP) is 2.39. The van der Waals surface area contributed by atoms with Crippen LogP contribution in [0.2, 0.25) is 5.02 Å². The number of nitrogens with one attached hydrogen (secondary N) is 1. The van der Waals surface area contributed by atoms with Gasteiger partial charge in [-0.3, -0.25) is 9.59 Å². The predicted molar refractivity (Wildman–Crippen MR) is 113 cm³/mol. The van der Waals surface area contributed by atoms with Crippen LogP contribution in [-0.2, 0) is 33.9 Å². The van der Waals surface area contributed by atoms with Crippen molar-refractivity contribution in [3.8, 4) is 0 Å². The molecule has 158 valence electrons. The minimum Gasteiger partial charge on any atom is -0.368 e. The molecule has 3 N–H and O–H groups in total. The summed E-state index contributed by atoms with van der Waals surface area (Å²) < 4.78 is 0. The van der Waals surface area contributed by atoms with Crippen molar-refractivity contribution in [2.24, 2.45) is 5.73 Å². The Hall–Kier alpha value is -2.74.